The maximum atomic E-state index is 12.7. The molecule has 1 aromatic carbocycles. The van der Waals surface area contributed by atoms with E-state index in [0.717, 1.165) is 23.1 Å². The molecule has 2 atom stereocenters. The van der Waals surface area contributed by atoms with Gasteiger partial charge in [-0.05, 0) is 37.3 Å². The Morgan fingerprint density at radius 2 is 2.05 bits per heavy atom. The van der Waals surface area contributed by atoms with Crippen molar-refractivity contribution in [3.05, 3.63) is 40.0 Å². The van der Waals surface area contributed by atoms with Gasteiger partial charge in [-0.15, -0.1) is 0 Å². The van der Waals surface area contributed by atoms with Crippen molar-refractivity contribution < 1.29 is 19.4 Å². The summed E-state index contributed by atoms with van der Waals surface area (Å²) < 4.78 is 5.70. The molecule has 0 radical (unpaired) electrons. The van der Waals surface area contributed by atoms with Gasteiger partial charge in [-0.1, -0.05) is 19.1 Å². The summed E-state index contributed by atoms with van der Waals surface area (Å²) in [6, 6.07) is 3.71. The summed E-state index contributed by atoms with van der Waals surface area (Å²) in [5.41, 5.74) is 2.34. The normalized spacial score (nSPS) is 29.9. The Balaban J connectivity index is 2.02. The Hall–Kier alpha value is -1.94. The second kappa shape index (κ2) is 4.29. The van der Waals surface area contributed by atoms with Crippen LogP contribution in [0, 0.1) is 5.92 Å². The molecule has 0 spiro atoms. The zero-order valence-corrected chi connectivity index (χ0v) is 12.7. The SMILES string of the molecule is C[C@H]1COC2=C1C(=O)C(=O)c1c2ccc2c1CCC[C@@]2(C)O. The molecule has 22 heavy (non-hydrogen) atoms. The molecule has 0 unspecified atom stereocenters. The standard InChI is InChI=1S/C18H18O4/c1-9-8-22-17-11-5-6-12-10(4-3-7-18(12,2)21)14(11)16(20)15(19)13(9)17/h5-6,9,21H,3-4,7-8H2,1-2H3/t9-,18+/m0/s1. The van der Waals surface area contributed by atoms with Gasteiger partial charge >= 0.3 is 0 Å². The first kappa shape index (κ1) is 13.7. The van der Waals surface area contributed by atoms with Crippen molar-refractivity contribution in [2.75, 3.05) is 6.61 Å². The van der Waals surface area contributed by atoms with Crippen LogP contribution in [0.4, 0.5) is 0 Å². The molecule has 114 valence electrons. The summed E-state index contributed by atoms with van der Waals surface area (Å²) in [5, 5.41) is 10.6. The summed E-state index contributed by atoms with van der Waals surface area (Å²) in [5.74, 6) is -0.356. The molecule has 0 saturated carbocycles. The number of fused-ring (bicyclic) bond motifs is 4. The summed E-state index contributed by atoms with van der Waals surface area (Å²) >= 11 is 0. The Morgan fingerprint density at radius 1 is 1.27 bits per heavy atom. The van der Waals surface area contributed by atoms with E-state index in [1.54, 1.807) is 6.92 Å². The molecule has 4 rings (SSSR count). The molecule has 4 heteroatoms. The highest BCUT2D eigenvalue weighted by molar-refractivity contribution is 6.52. The highest BCUT2D eigenvalue weighted by Gasteiger charge is 2.43. The zero-order chi connectivity index (χ0) is 15.6. The summed E-state index contributed by atoms with van der Waals surface area (Å²) in [4.78, 5) is 25.1. The van der Waals surface area contributed by atoms with Gasteiger partial charge in [0.2, 0.25) is 11.6 Å². The lowest BCUT2D eigenvalue weighted by Crippen LogP contribution is -2.32. The molecule has 0 aromatic heterocycles. The van der Waals surface area contributed by atoms with E-state index in [9.17, 15) is 14.7 Å². The number of hydrogen-bond acceptors (Lipinski definition) is 4. The van der Waals surface area contributed by atoms with E-state index < -0.39 is 17.2 Å². The quantitative estimate of drug-likeness (QED) is 0.747. The largest absolute Gasteiger partial charge is 0.492 e. The number of carbonyl (C=O) groups excluding carboxylic acids is 2. The monoisotopic (exact) mass is 298 g/mol. The first-order valence-corrected chi connectivity index (χ1v) is 7.77. The fourth-order valence-electron chi connectivity index (χ4n) is 3.98. The van der Waals surface area contributed by atoms with Crippen LogP contribution in [0.3, 0.4) is 0 Å². The Kier molecular flexibility index (Phi) is 2.67. The Morgan fingerprint density at radius 3 is 2.82 bits per heavy atom. The number of Topliss-reactive ketones (excluding diaryl/α,β-unsaturated/α-hetero) is 2. The molecule has 0 saturated heterocycles. The van der Waals surface area contributed by atoms with E-state index in [4.69, 9.17) is 4.74 Å². The third-order valence-corrected chi connectivity index (χ3v) is 5.12. The van der Waals surface area contributed by atoms with Crippen molar-refractivity contribution in [3.63, 3.8) is 0 Å². The Labute approximate surface area is 128 Å². The molecule has 4 nitrogen and oxygen atoms in total. The lowest BCUT2D eigenvalue weighted by atomic mass is 9.73. The van der Waals surface area contributed by atoms with E-state index in [2.05, 4.69) is 0 Å². The zero-order valence-electron chi connectivity index (χ0n) is 12.7. The first-order valence-electron chi connectivity index (χ1n) is 7.77. The van der Waals surface area contributed by atoms with Gasteiger partial charge in [0.1, 0.15) is 5.76 Å². The van der Waals surface area contributed by atoms with Crippen LogP contribution in [0.5, 0.6) is 0 Å². The van der Waals surface area contributed by atoms with E-state index in [1.807, 2.05) is 19.1 Å². The molecule has 1 heterocycles. The number of hydrogen-bond donors (Lipinski definition) is 1. The lowest BCUT2D eigenvalue weighted by molar-refractivity contribution is -0.112. The van der Waals surface area contributed by atoms with Gasteiger partial charge < -0.3 is 9.84 Å². The maximum absolute atomic E-state index is 12.7. The maximum Gasteiger partial charge on any atom is 0.234 e. The fraction of sp³-hybridized carbons (Fsp3) is 0.444. The molecule has 3 aliphatic rings. The first-order chi connectivity index (χ1) is 10.4. The van der Waals surface area contributed by atoms with Crippen molar-refractivity contribution in [1.29, 1.82) is 0 Å². The number of rotatable bonds is 0. The van der Waals surface area contributed by atoms with Gasteiger partial charge in [0, 0.05) is 17.0 Å². The van der Waals surface area contributed by atoms with Crippen LogP contribution in [0.2, 0.25) is 0 Å². The average molecular weight is 298 g/mol. The third-order valence-electron chi connectivity index (χ3n) is 5.12. The van der Waals surface area contributed by atoms with Crippen LogP contribution < -0.4 is 0 Å². The predicted octanol–water partition coefficient (Wildman–Crippen LogP) is 2.37. The minimum Gasteiger partial charge on any atom is -0.492 e. The van der Waals surface area contributed by atoms with Crippen LogP contribution in [0.1, 0.15) is 53.7 Å². The van der Waals surface area contributed by atoms with Crippen molar-refractivity contribution in [2.24, 2.45) is 5.92 Å². The predicted molar refractivity (Wildman–Crippen MR) is 80.3 cm³/mol. The fourth-order valence-corrected chi connectivity index (χ4v) is 3.98. The van der Waals surface area contributed by atoms with Gasteiger partial charge in [-0.2, -0.15) is 0 Å². The highest BCUT2D eigenvalue weighted by atomic mass is 16.5. The molecule has 1 aliphatic heterocycles. The summed E-state index contributed by atoms with van der Waals surface area (Å²) in [6.45, 7) is 4.12. The van der Waals surface area contributed by atoms with Crippen LogP contribution in [-0.2, 0) is 21.6 Å². The molecular formula is C18H18O4. The van der Waals surface area contributed by atoms with E-state index in [0.29, 0.717) is 36.3 Å². The molecule has 2 aliphatic carbocycles. The summed E-state index contributed by atoms with van der Waals surface area (Å²) in [6.07, 6.45) is 2.19. The van der Waals surface area contributed by atoms with E-state index >= 15 is 0 Å². The highest BCUT2D eigenvalue weighted by Crippen LogP contribution is 2.44. The second-order valence-electron chi connectivity index (χ2n) is 6.75. The minimum atomic E-state index is -0.940. The number of carbonyl (C=O) groups is 2. The molecule has 0 fully saturated rings. The second-order valence-corrected chi connectivity index (χ2v) is 6.75. The number of aliphatic hydroxyl groups is 1. The third kappa shape index (κ3) is 1.61. The van der Waals surface area contributed by atoms with Crippen LogP contribution in [0.25, 0.3) is 5.76 Å². The molecule has 0 amide bonds. The van der Waals surface area contributed by atoms with Gasteiger partial charge in [0.05, 0.1) is 17.8 Å². The van der Waals surface area contributed by atoms with Crippen molar-refractivity contribution in [1.82, 2.24) is 0 Å². The van der Waals surface area contributed by atoms with Crippen molar-refractivity contribution in [2.45, 2.75) is 38.7 Å². The minimum absolute atomic E-state index is 0.0428. The number of ether oxygens (including phenoxy) is 1. The van der Waals surface area contributed by atoms with Crippen molar-refractivity contribution in [3.8, 4) is 0 Å². The number of ketones is 2. The molecular weight excluding hydrogens is 280 g/mol. The molecule has 1 N–H and O–H groups in total. The topological polar surface area (TPSA) is 63.6 Å². The van der Waals surface area contributed by atoms with Gasteiger partial charge in [-0.3, -0.25) is 9.59 Å². The summed E-state index contributed by atoms with van der Waals surface area (Å²) in [7, 11) is 0. The van der Waals surface area contributed by atoms with Crippen LogP contribution in [-0.4, -0.2) is 23.3 Å². The van der Waals surface area contributed by atoms with Gasteiger partial charge in [-0.25, -0.2) is 0 Å². The molecule has 1 aromatic rings. The van der Waals surface area contributed by atoms with Crippen molar-refractivity contribution >= 4 is 17.3 Å². The van der Waals surface area contributed by atoms with Crippen LogP contribution >= 0.6 is 0 Å². The van der Waals surface area contributed by atoms with Crippen LogP contribution in [0.15, 0.2) is 17.7 Å². The number of benzene rings is 1. The van der Waals surface area contributed by atoms with E-state index in [-0.39, 0.29) is 5.92 Å². The average Bonchev–Trinajstić information content (AvgIpc) is 2.86. The smallest absolute Gasteiger partial charge is 0.234 e. The lowest BCUT2D eigenvalue weighted by Gasteiger charge is -2.33. The van der Waals surface area contributed by atoms with Gasteiger partial charge in [0.25, 0.3) is 0 Å². The Bertz CT molecular complexity index is 755. The van der Waals surface area contributed by atoms with Gasteiger partial charge in [0.15, 0.2) is 0 Å². The molecule has 0 bridgehead atoms. The van der Waals surface area contributed by atoms with E-state index in [1.165, 1.54) is 0 Å².